The summed E-state index contributed by atoms with van der Waals surface area (Å²) in [6, 6.07) is 9.30. The molecule has 0 saturated carbocycles. The highest BCUT2D eigenvalue weighted by Gasteiger charge is 2.13. The Hall–Kier alpha value is -1.93. The molecule has 7 nitrogen and oxygen atoms in total. The van der Waals surface area contributed by atoms with E-state index in [9.17, 15) is 8.42 Å². The normalized spacial score (nSPS) is 11.8. The van der Waals surface area contributed by atoms with Crippen LogP contribution in [-0.4, -0.2) is 42.7 Å². The van der Waals surface area contributed by atoms with Crippen LogP contribution < -0.4 is 4.74 Å². The van der Waals surface area contributed by atoms with Gasteiger partial charge in [0.15, 0.2) is 12.4 Å². The third-order valence-corrected chi connectivity index (χ3v) is 4.15. The van der Waals surface area contributed by atoms with Crippen molar-refractivity contribution in [1.82, 2.24) is 14.4 Å². The van der Waals surface area contributed by atoms with Gasteiger partial charge in [0, 0.05) is 20.0 Å². The molecular formula is C13H17N3O4S. The van der Waals surface area contributed by atoms with E-state index in [1.54, 1.807) is 0 Å². The molecule has 2 aromatic rings. The second kappa shape index (κ2) is 6.68. The van der Waals surface area contributed by atoms with Gasteiger partial charge in [-0.05, 0) is 12.1 Å². The SMILES string of the molecule is CN(CCc1noc(COc2ccccc2)n1)S(C)(=O)=O. The monoisotopic (exact) mass is 311 g/mol. The van der Waals surface area contributed by atoms with Crippen LogP contribution in [0.4, 0.5) is 0 Å². The predicted octanol–water partition coefficient (Wildman–Crippen LogP) is 1.08. The summed E-state index contributed by atoms with van der Waals surface area (Å²) < 4.78 is 34.3. The lowest BCUT2D eigenvalue weighted by Gasteiger charge is -2.11. The Morgan fingerprint density at radius 2 is 2.00 bits per heavy atom. The Kier molecular flexibility index (Phi) is 4.92. The van der Waals surface area contributed by atoms with E-state index in [4.69, 9.17) is 9.26 Å². The first kappa shape index (κ1) is 15.5. The van der Waals surface area contributed by atoms with Crippen molar-refractivity contribution in [2.45, 2.75) is 13.0 Å². The molecule has 8 heteroatoms. The minimum absolute atomic E-state index is 0.179. The first-order valence-electron chi connectivity index (χ1n) is 6.36. The maximum Gasteiger partial charge on any atom is 0.264 e. The third-order valence-electron chi connectivity index (χ3n) is 2.83. The quantitative estimate of drug-likeness (QED) is 0.760. The molecule has 0 aliphatic heterocycles. The molecule has 1 aromatic heterocycles. The van der Waals surface area contributed by atoms with Gasteiger partial charge in [-0.3, -0.25) is 0 Å². The van der Waals surface area contributed by atoms with Crippen molar-refractivity contribution in [3.63, 3.8) is 0 Å². The maximum atomic E-state index is 11.3. The second-order valence-electron chi connectivity index (χ2n) is 4.54. The van der Waals surface area contributed by atoms with Crippen LogP contribution in [0, 0.1) is 0 Å². The van der Waals surface area contributed by atoms with E-state index >= 15 is 0 Å². The van der Waals surface area contributed by atoms with Crippen molar-refractivity contribution in [2.24, 2.45) is 0 Å². The Morgan fingerprint density at radius 1 is 1.29 bits per heavy atom. The number of rotatable bonds is 7. The molecule has 0 atom stereocenters. The van der Waals surface area contributed by atoms with Crippen LogP contribution >= 0.6 is 0 Å². The molecule has 1 heterocycles. The van der Waals surface area contributed by atoms with E-state index in [1.165, 1.54) is 11.4 Å². The van der Waals surface area contributed by atoms with Crippen molar-refractivity contribution < 1.29 is 17.7 Å². The van der Waals surface area contributed by atoms with Crippen molar-refractivity contribution >= 4 is 10.0 Å². The molecular weight excluding hydrogens is 294 g/mol. The Balaban J connectivity index is 1.84. The molecule has 0 amide bonds. The van der Waals surface area contributed by atoms with E-state index in [1.807, 2.05) is 30.3 Å². The topological polar surface area (TPSA) is 85.5 Å². The zero-order valence-electron chi connectivity index (χ0n) is 11.9. The Morgan fingerprint density at radius 3 is 2.67 bits per heavy atom. The minimum atomic E-state index is -3.19. The second-order valence-corrected chi connectivity index (χ2v) is 6.63. The summed E-state index contributed by atoms with van der Waals surface area (Å²) in [6.07, 6.45) is 1.54. The molecule has 0 fully saturated rings. The number of para-hydroxylation sites is 1. The highest BCUT2D eigenvalue weighted by atomic mass is 32.2. The molecule has 0 spiro atoms. The van der Waals surface area contributed by atoms with Crippen molar-refractivity contribution in [3.05, 3.63) is 42.0 Å². The number of benzene rings is 1. The maximum absolute atomic E-state index is 11.3. The summed E-state index contributed by atoms with van der Waals surface area (Å²) in [4.78, 5) is 4.16. The van der Waals surface area contributed by atoms with Crippen LogP contribution in [0.5, 0.6) is 5.75 Å². The van der Waals surface area contributed by atoms with Gasteiger partial charge in [-0.1, -0.05) is 23.4 Å². The summed E-state index contributed by atoms with van der Waals surface area (Å²) in [5.41, 5.74) is 0. The Bertz CT molecular complexity index is 670. The van der Waals surface area contributed by atoms with Gasteiger partial charge < -0.3 is 9.26 Å². The molecule has 1 aromatic carbocycles. The van der Waals surface area contributed by atoms with Gasteiger partial charge in [-0.25, -0.2) is 12.7 Å². The lowest BCUT2D eigenvalue weighted by Crippen LogP contribution is -2.27. The van der Waals surface area contributed by atoms with E-state index in [0.29, 0.717) is 30.4 Å². The molecule has 2 rings (SSSR count). The number of nitrogens with zero attached hydrogens (tertiary/aromatic N) is 3. The summed E-state index contributed by atoms with van der Waals surface area (Å²) >= 11 is 0. The van der Waals surface area contributed by atoms with Crippen molar-refractivity contribution in [3.8, 4) is 5.75 Å². The zero-order chi connectivity index (χ0) is 15.3. The summed E-state index contributed by atoms with van der Waals surface area (Å²) in [7, 11) is -1.68. The molecule has 0 saturated heterocycles. The summed E-state index contributed by atoms with van der Waals surface area (Å²) in [6.45, 7) is 0.482. The van der Waals surface area contributed by atoms with E-state index in [-0.39, 0.29) is 6.61 Å². The average molecular weight is 311 g/mol. The van der Waals surface area contributed by atoms with Crippen molar-refractivity contribution in [1.29, 1.82) is 0 Å². The van der Waals surface area contributed by atoms with E-state index in [2.05, 4.69) is 10.1 Å². The molecule has 114 valence electrons. The highest BCUT2D eigenvalue weighted by molar-refractivity contribution is 7.88. The van der Waals surface area contributed by atoms with E-state index < -0.39 is 10.0 Å². The predicted molar refractivity (Wildman–Crippen MR) is 76.2 cm³/mol. The van der Waals surface area contributed by atoms with Gasteiger partial charge >= 0.3 is 0 Å². The standard InChI is InChI=1S/C13H17N3O4S/c1-16(21(2,17)18)9-8-12-14-13(20-15-12)10-19-11-6-4-3-5-7-11/h3-7H,8-10H2,1-2H3. The van der Waals surface area contributed by atoms with Crippen LogP contribution in [0.25, 0.3) is 0 Å². The fraction of sp³-hybridized carbons (Fsp3) is 0.385. The van der Waals surface area contributed by atoms with Crippen LogP contribution in [-0.2, 0) is 23.1 Å². The van der Waals surface area contributed by atoms with Crippen molar-refractivity contribution in [2.75, 3.05) is 19.8 Å². The first-order chi connectivity index (χ1) is 9.95. The van der Waals surface area contributed by atoms with Crippen LogP contribution in [0.2, 0.25) is 0 Å². The molecule has 0 aliphatic rings. The van der Waals surface area contributed by atoms with E-state index in [0.717, 1.165) is 6.26 Å². The van der Waals surface area contributed by atoms with Gasteiger partial charge in [0.1, 0.15) is 5.75 Å². The molecule has 0 N–H and O–H groups in total. The molecule has 0 bridgehead atoms. The number of hydrogen-bond acceptors (Lipinski definition) is 6. The first-order valence-corrected chi connectivity index (χ1v) is 8.20. The fourth-order valence-corrected chi connectivity index (χ4v) is 1.96. The number of aromatic nitrogens is 2. The van der Waals surface area contributed by atoms with Crippen LogP contribution in [0.15, 0.2) is 34.9 Å². The fourth-order valence-electron chi connectivity index (χ4n) is 1.54. The largest absolute Gasteiger partial charge is 0.484 e. The molecule has 0 aliphatic carbocycles. The Labute approximate surface area is 123 Å². The third kappa shape index (κ3) is 4.83. The molecule has 21 heavy (non-hydrogen) atoms. The van der Waals surface area contributed by atoms with Gasteiger partial charge in [0.25, 0.3) is 5.89 Å². The van der Waals surface area contributed by atoms with Crippen LogP contribution in [0.1, 0.15) is 11.7 Å². The van der Waals surface area contributed by atoms with Crippen LogP contribution in [0.3, 0.4) is 0 Å². The lowest BCUT2D eigenvalue weighted by atomic mass is 10.3. The number of hydrogen-bond donors (Lipinski definition) is 0. The van der Waals surface area contributed by atoms with Gasteiger partial charge in [-0.15, -0.1) is 0 Å². The highest BCUT2D eigenvalue weighted by Crippen LogP contribution is 2.11. The average Bonchev–Trinajstić information content (AvgIpc) is 2.90. The zero-order valence-corrected chi connectivity index (χ0v) is 12.7. The summed E-state index contributed by atoms with van der Waals surface area (Å²) in [5.74, 6) is 1.53. The number of sulfonamides is 1. The smallest absolute Gasteiger partial charge is 0.264 e. The molecule has 0 unspecified atom stereocenters. The van der Waals surface area contributed by atoms with Gasteiger partial charge in [-0.2, -0.15) is 4.98 Å². The summed E-state index contributed by atoms with van der Waals surface area (Å²) in [5, 5.41) is 3.79. The number of ether oxygens (including phenoxy) is 1. The number of likely N-dealkylation sites (N-methyl/N-ethyl adjacent to an activating group) is 1. The lowest BCUT2D eigenvalue weighted by molar-refractivity contribution is 0.242. The minimum Gasteiger partial charge on any atom is -0.484 e. The van der Waals surface area contributed by atoms with Gasteiger partial charge in [0.05, 0.1) is 6.26 Å². The van der Waals surface area contributed by atoms with Gasteiger partial charge in [0.2, 0.25) is 10.0 Å². The molecule has 0 radical (unpaired) electrons.